The van der Waals surface area contributed by atoms with Crippen LogP contribution in [0.15, 0.2) is 48.7 Å². The molecule has 1 aliphatic rings. The summed E-state index contributed by atoms with van der Waals surface area (Å²) < 4.78 is 3.72. The van der Waals surface area contributed by atoms with Gasteiger partial charge in [-0.25, -0.2) is 4.68 Å². The van der Waals surface area contributed by atoms with Crippen molar-refractivity contribution in [3.05, 3.63) is 59.4 Å². The highest BCUT2D eigenvalue weighted by atomic mass is 35.5. The summed E-state index contributed by atoms with van der Waals surface area (Å²) in [5, 5.41) is 5.37. The van der Waals surface area contributed by atoms with Gasteiger partial charge >= 0.3 is 0 Å². The average molecular weight is 355 g/mol. The number of carbonyl (C=O) groups is 1. The van der Waals surface area contributed by atoms with Gasteiger partial charge in [-0.15, -0.1) is 0 Å². The van der Waals surface area contributed by atoms with E-state index < -0.39 is 0 Å². The van der Waals surface area contributed by atoms with Gasteiger partial charge in [-0.05, 0) is 55.3 Å². The van der Waals surface area contributed by atoms with Crippen molar-refractivity contribution in [3.63, 3.8) is 0 Å². The van der Waals surface area contributed by atoms with Gasteiger partial charge in [0.15, 0.2) is 0 Å². The van der Waals surface area contributed by atoms with Crippen LogP contribution in [-0.2, 0) is 7.05 Å². The Labute approximate surface area is 151 Å². The van der Waals surface area contributed by atoms with E-state index in [4.69, 9.17) is 16.7 Å². The quantitative estimate of drug-likeness (QED) is 0.718. The van der Waals surface area contributed by atoms with E-state index in [0.29, 0.717) is 10.7 Å². The van der Waals surface area contributed by atoms with Crippen molar-refractivity contribution < 1.29 is 4.79 Å². The zero-order valence-electron chi connectivity index (χ0n) is 14.0. The van der Waals surface area contributed by atoms with E-state index in [1.54, 1.807) is 4.68 Å². The van der Waals surface area contributed by atoms with Gasteiger partial charge in [-0.1, -0.05) is 11.6 Å². The zero-order valence-corrected chi connectivity index (χ0v) is 14.8. The molecule has 5 nitrogen and oxygen atoms in total. The van der Waals surface area contributed by atoms with Crippen LogP contribution < -0.4 is 0 Å². The summed E-state index contributed by atoms with van der Waals surface area (Å²) in [5.74, 6) is 0.0282. The number of likely N-dealkylation sites (tertiary alicyclic amines) is 1. The van der Waals surface area contributed by atoms with E-state index in [-0.39, 0.29) is 5.91 Å². The first-order chi connectivity index (χ1) is 12.1. The van der Waals surface area contributed by atoms with Crippen LogP contribution >= 0.6 is 11.6 Å². The fourth-order valence-electron chi connectivity index (χ4n) is 3.25. The van der Waals surface area contributed by atoms with Gasteiger partial charge in [0.1, 0.15) is 11.4 Å². The summed E-state index contributed by atoms with van der Waals surface area (Å²) >= 11 is 6.00. The van der Waals surface area contributed by atoms with Gasteiger partial charge < -0.3 is 9.47 Å². The van der Waals surface area contributed by atoms with E-state index in [1.807, 2.05) is 65.2 Å². The molecule has 1 aromatic carbocycles. The van der Waals surface area contributed by atoms with Crippen LogP contribution in [0, 0.1) is 0 Å². The standard InChI is InChI=1S/C19H19ClN4O/c1-22-10-4-5-17(22)16-13-18(19(25)23-11-2-3-12-23)24(21-16)15-8-6-14(20)7-9-15/h4-10,13H,2-3,11-12H2,1H3. The van der Waals surface area contributed by atoms with E-state index in [2.05, 4.69) is 0 Å². The highest BCUT2D eigenvalue weighted by Crippen LogP contribution is 2.24. The number of hydrogen-bond acceptors (Lipinski definition) is 2. The maximum Gasteiger partial charge on any atom is 0.272 e. The van der Waals surface area contributed by atoms with Gasteiger partial charge in [-0.2, -0.15) is 5.10 Å². The Kier molecular flexibility index (Phi) is 4.09. The molecule has 25 heavy (non-hydrogen) atoms. The largest absolute Gasteiger partial charge is 0.349 e. The Morgan fingerprint density at radius 2 is 1.84 bits per heavy atom. The lowest BCUT2D eigenvalue weighted by Gasteiger charge is -2.16. The molecule has 0 atom stereocenters. The zero-order chi connectivity index (χ0) is 17.4. The fraction of sp³-hybridized carbons (Fsp3) is 0.263. The Balaban J connectivity index is 1.82. The van der Waals surface area contributed by atoms with Crippen LogP contribution in [0.2, 0.25) is 5.02 Å². The van der Waals surface area contributed by atoms with Crippen molar-refractivity contribution in [2.45, 2.75) is 12.8 Å². The van der Waals surface area contributed by atoms with Crippen molar-refractivity contribution in [3.8, 4) is 17.1 Å². The number of nitrogens with zero attached hydrogens (tertiary/aromatic N) is 4. The lowest BCUT2D eigenvalue weighted by Crippen LogP contribution is -2.29. The molecule has 0 saturated carbocycles. The fourth-order valence-corrected chi connectivity index (χ4v) is 3.37. The average Bonchev–Trinajstić information content (AvgIpc) is 3.35. The van der Waals surface area contributed by atoms with Gasteiger partial charge in [0.25, 0.3) is 5.91 Å². The molecule has 0 spiro atoms. The highest BCUT2D eigenvalue weighted by Gasteiger charge is 2.25. The second kappa shape index (κ2) is 6.41. The van der Waals surface area contributed by atoms with Gasteiger partial charge in [-0.3, -0.25) is 4.79 Å². The third-order valence-corrected chi connectivity index (χ3v) is 4.85. The molecule has 1 fully saturated rings. The SMILES string of the molecule is Cn1cccc1-c1cc(C(=O)N2CCCC2)n(-c2ccc(Cl)cc2)n1. The first-order valence-electron chi connectivity index (χ1n) is 8.40. The van der Waals surface area contributed by atoms with Crippen LogP contribution in [0.3, 0.4) is 0 Å². The minimum atomic E-state index is 0.0282. The second-order valence-electron chi connectivity index (χ2n) is 6.31. The summed E-state index contributed by atoms with van der Waals surface area (Å²) in [6, 6.07) is 13.2. The molecule has 128 valence electrons. The van der Waals surface area contributed by atoms with Crippen molar-refractivity contribution >= 4 is 17.5 Å². The first-order valence-corrected chi connectivity index (χ1v) is 8.78. The minimum Gasteiger partial charge on any atom is -0.349 e. The van der Waals surface area contributed by atoms with Crippen LogP contribution in [-0.4, -0.2) is 38.2 Å². The third-order valence-electron chi connectivity index (χ3n) is 4.60. The lowest BCUT2D eigenvalue weighted by atomic mass is 10.2. The first kappa shape index (κ1) is 16.0. The number of hydrogen-bond donors (Lipinski definition) is 0. The van der Waals surface area contributed by atoms with Crippen LogP contribution in [0.5, 0.6) is 0 Å². The molecule has 0 bridgehead atoms. The van der Waals surface area contributed by atoms with Crippen molar-refractivity contribution in [2.75, 3.05) is 13.1 Å². The number of carbonyl (C=O) groups excluding carboxylic acids is 1. The lowest BCUT2D eigenvalue weighted by molar-refractivity contribution is 0.0784. The number of halogens is 1. The molecule has 6 heteroatoms. The Morgan fingerprint density at radius 3 is 2.48 bits per heavy atom. The number of benzene rings is 1. The molecular formula is C19H19ClN4O. The van der Waals surface area contributed by atoms with E-state index >= 15 is 0 Å². The van der Waals surface area contributed by atoms with Crippen LogP contribution in [0.1, 0.15) is 23.3 Å². The monoisotopic (exact) mass is 354 g/mol. The van der Waals surface area contributed by atoms with Crippen molar-refractivity contribution in [2.24, 2.45) is 7.05 Å². The Morgan fingerprint density at radius 1 is 1.12 bits per heavy atom. The Bertz CT molecular complexity index is 904. The maximum absolute atomic E-state index is 13.0. The summed E-state index contributed by atoms with van der Waals surface area (Å²) in [6.07, 6.45) is 4.09. The molecular weight excluding hydrogens is 336 g/mol. The Hall–Kier alpha value is -2.53. The van der Waals surface area contributed by atoms with Gasteiger partial charge in [0.2, 0.25) is 0 Å². The molecule has 4 rings (SSSR count). The van der Waals surface area contributed by atoms with Crippen molar-refractivity contribution in [1.82, 2.24) is 19.2 Å². The predicted octanol–water partition coefficient (Wildman–Crippen LogP) is 3.77. The molecule has 3 aromatic rings. The molecule has 0 radical (unpaired) electrons. The summed E-state index contributed by atoms with van der Waals surface area (Å²) in [4.78, 5) is 14.9. The normalized spacial score (nSPS) is 14.2. The number of rotatable bonds is 3. The third kappa shape index (κ3) is 2.96. The molecule has 0 aliphatic carbocycles. The maximum atomic E-state index is 13.0. The molecule has 1 aliphatic heterocycles. The van der Waals surface area contributed by atoms with Crippen molar-refractivity contribution in [1.29, 1.82) is 0 Å². The van der Waals surface area contributed by atoms with E-state index in [1.165, 1.54) is 0 Å². The van der Waals surface area contributed by atoms with Crippen LogP contribution in [0.4, 0.5) is 0 Å². The van der Waals surface area contributed by atoms with Gasteiger partial charge in [0, 0.05) is 31.4 Å². The molecule has 3 heterocycles. The minimum absolute atomic E-state index is 0.0282. The number of aryl methyl sites for hydroxylation is 1. The predicted molar refractivity (Wildman–Crippen MR) is 98.1 cm³/mol. The molecule has 0 N–H and O–H groups in total. The molecule has 0 unspecified atom stereocenters. The number of aromatic nitrogens is 3. The topological polar surface area (TPSA) is 43.1 Å². The number of amides is 1. The smallest absolute Gasteiger partial charge is 0.272 e. The molecule has 1 saturated heterocycles. The summed E-state index contributed by atoms with van der Waals surface area (Å²) in [5.41, 5.74) is 3.17. The van der Waals surface area contributed by atoms with Crippen LogP contribution in [0.25, 0.3) is 17.1 Å². The molecule has 2 aromatic heterocycles. The van der Waals surface area contributed by atoms with E-state index in [9.17, 15) is 4.79 Å². The van der Waals surface area contributed by atoms with Gasteiger partial charge in [0.05, 0.1) is 11.4 Å². The summed E-state index contributed by atoms with van der Waals surface area (Å²) in [6.45, 7) is 1.62. The molecule has 1 amide bonds. The summed E-state index contributed by atoms with van der Waals surface area (Å²) in [7, 11) is 1.97. The highest BCUT2D eigenvalue weighted by molar-refractivity contribution is 6.30. The second-order valence-corrected chi connectivity index (χ2v) is 6.74. The van der Waals surface area contributed by atoms with E-state index in [0.717, 1.165) is 43.0 Å².